The quantitative estimate of drug-likeness (QED) is 0.877. The molecule has 1 aliphatic heterocycles. The van der Waals surface area contributed by atoms with Gasteiger partial charge in [-0.15, -0.1) is 0 Å². The SMILES string of the molecule is CCN(CC(O)c1ccc(C)cc1)C(C)C(=O)N1CCCCC1. The third-order valence-electron chi connectivity index (χ3n) is 4.85. The van der Waals surface area contributed by atoms with Crippen molar-refractivity contribution in [2.45, 2.75) is 52.2 Å². The molecule has 4 heteroatoms. The highest BCUT2D eigenvalue weighted by molar-refractivity contribution is 5.81. The molecule has 128 valence electrons. The standard InChI is InChI=1S/C19H30N2O2/c1-4-20(14-18(22)17-10-8-15(2)9-11-17)16(3)19(23)21-12-6-5-7-13-21/h8-11,16,18,22H,4-7,12-14H2,1-3H3. The van der Waals surface area contributed by atoms with Crippen LogP contribution < -0.4 is 0 Å². The van der Waals surface area contributed by atoms with E-state index in [-0.39, 0.29) is 11.9 Å². The number of likely N-dealkylation sites (tertiary alicyclic amines) is 1. The van der Waals surface area contributed by atoms with Gasteiger partial charge in [0, 0.05) is 19.6 Å². The largest absolute Gasteiger partial charge is 0.387 e. The van der Waals surface area contributed by atoms with Crippen LogP contribution in [-0.4, -0.2) is 53.0 Å². The predicted octanol–water partition coefficient (Wildman–Crippen LogP) is 2.75. The lowest BCUT2D eigenvalue weighted by Crippen LogP contribution is -2.49. The van der Waals surface area contributed by atoms with Crippen LogP contribution in [-0.2, 0) is 4.79 Å². The smallest absolute Gasteiger partial charge is 0.239 e. The Morgan fingerprint density at radius 2 is 1.83 bits per heavy atom. The number of amides is 1. The lowest BCUT2D eigenvalue weighted by molar-refractivity contribution is -0.137. The average molecular weight is 318 g/mol. The van der Waals surface area contributed by atoms with Crippen molar-refractivity contribution in [2.24, 2.45) is 0 Å². The Bertz CT molecular complexity index is 495. The van der Waals surface area contributed by atoms with E-state index in [2.05, 4.69) is 4.90 Å². The van der Waals surface area contributed by atoms with Crippen LogP contribution >= 0.6 is 0 Å². The molecule has 1 saturated heterocycles. The summed E-state index contributed by atoms with van der Waals surface area (Å²) in [5.74, 6) is 0.197. The Labute approximate surface area is 140 Å². The number of aliphatic hydroxyl groups is 1. The first-order valence-corrected chi connectivity index (χ1v) is 8.80. The van der Waals surface area contributed by atoms with E-state index >= 15 is 0 Å². The molecular formula is C19H30N2O2. The first-order valence-electron chi connectivity index (χ1n) is 8.80. The van der Waals surface area contributed by atoms with Crippen molar-refractivity contribution in [3.8, 4) is 0 Å². The van der Waals surface area contributed by atoms with Gasteiger partial charge in [0.25, 0.3) is 0 Å². The highest BCUT2D eigenvalue weighted by Gasteiger charge is 2.27. The summed E-state index contributed by atoms with van der Waals surface area (Å²) in [4.78, 5) is 16.7. The molecule has 1 aliphatic rings. The highest BCUT2D eigenvalue weighted by Crippen LogP contribution is 2.18. The first kappa shape index (κ1) is 18.0. The van der Waals surface area contributed by atoms with Gasteiger partial charge in [-0.05, 0) is 45.2 Å². The van der Waals surface area contributed by atoms with Crippen LogP contribution in [0.15, 0.2) is 24.3 Å². The number of carbonyl (C=O) groups is 1. The van der Waals surface area contributed by atoms with E-state index in [1.807, 2.05) is 49.9 Å². The number of aryl methyl sites for hydroxylation is 1. The van der Waals surface area contributed by atoms with E-state index in [4.69, 9.17) is 0 Å². The lowest BCUT2D eigenvalue weighted by atomic mass is 10.1. The summed E-state index contributed by atoms with van der Waals surface area (Å²) in [7, 11) is 0. The van der Waals surface area contributed by atoms with Crippen molar-refractivity contribution in [1.82, 2.24) is 9.80 Å². The molecule has 0 saturated carbocycles. The molecule has 23 heavy (non-hydrogen) atoms. The molecule has 1 heterocycles. The van der Waals surface area contributed by atoms with Gasteiger partial charge in [0.05, 0.1) is 12.1 Å². The third kappa shape index (κ3) is 4.79. The van der Waals surface area contributed by atoms with Crippen molar-refractivity contribution < 1.29 is 9.90 Å². The summed E-state index contributed by atoms with van der Waals surface area (Å²) in [5, 5.41) is 10.5. The van der Waals surface area contributed by atoms with Crippen LogP contribution in [0.5, 0.6) is 0 Å². The van der Waals surface area contributed by atoms with E-state index in [9.17, 15) is 9.90 Å². The normalized spacial score (nSPS) is 18.0. The van der Waals surface area contributed by atoms with Crippen LogP contribution in [0.2, 0.25) is 0 Å². The van der Waals surface area contributed by atoms with Crippen LogP contribution in [0.1, 0.15) is 50.3 Å². The van der Waals surface area contributed by atoms with Crippen molar-refractivity contribution in [1.29, 1.82) is 0 Å². The van der Waals surface area contributed by atoms with Gasteiger partial charge in [-0.2, -0.15) is 0 Å². The van der Waals surface area contributed by atoms with Gasteiger partial charge in [-0.25, -0.2) is 0 Å². The number of carbonyl (C=O) groups excluding carboxylic acids is 1. The van der Waals surface area contributed by atoms with Gasteiger partial charge in [0.2, 0.25) is 5.91 Å². The van der Waals surface area contributed by atoms with Gasteiger partial charge in [0.1, 0.15) is 0 Å². The number of likely N-dealkylation sites (N-methyl/N-ethyl adjacent to an activating group) is 1. The third-order valence-corrected chi connectivity index (χ3v) is 4.85. The zero-order valence-corrected chi connectivity index (χ0v) is 14.7. The maximum Gasteiger partial charge on any atom is 0.239 e. The summed E-state index contributed by atoms with van der Waals surface area (Å²) in [6.45, 7) is 9.03. The van der Waals surface area contributed by atoms with Crippen LogP contribution in [0.3, 0.4) is 0 Å². The molecule has 0 aromatic heterocycles. The Hall–Kier alpha value is -1.39. The Kier molecular flexibility index (Phi) is 6.60. The van der Waals surface area contributed by atoms with Gasteiger partial charge in [-0.1, -0.05) is 36.8 Å². The van der Waals surface area contributed by atoms with Crippen LogP contribution in [0, 0.1) is 6.92 Å². The number of piperidine rings is 1. The molecular weight excluding hydrogens is 288 g/mol. The Morgan fingerprint density at radius 3 is 2.39 bits per heavy atom. The molecule has 0 radical (unpaired) electrons. The zero-order valence-electron chi connectivity index (χ0n) is 14.7. The Balaban J connectivity index is 1.97. The van der Waals surface area contributed by atoms with E-state index in [0.717, 1.165) is 38.0 Å². The number of hydrogen-bond acceptors (Lipinski definition) is 3. The minimum Gasteiger partial charge on any atom is -0.387 e. The number of benzene rings is 1. The summed E-state index contributed by atoms with van der Waals surface area (Å²) >= 11 is 0. The Morgan fingerprint density at radius 1 is 1.22 bits per heavy atom. The topological polar surface area (TPSA) is 43.8 Å². The van der Waals surface area contributed by atoms with E-state index in [1.54, 1.807) is 0 Å². The van der Waals surface area contributed by atoms with Gasteiger partial charge in [0.15, 0.2) is 0 Å². The van der Waals surface area contributed by atoms with Crippen LogP contribution in [0.25, 0.3) is 0 Å². The van der Waals surface area contributed by atoms with E-state index in [0.29, 0.717) is 6.54 Å². The van der Waals surface area contributed by atoms with Crippen molar-refractivity contribution >= 4 is 5.91 Å². The summed E-state index contributed by atoms with van der Waals surface area (Å²) in [6, 6.07) is 7.77. The minimum absolute atomic E-state index is 0.182. The molecule has 1 aromatic rings. The molecule has 2 atom stereocenters. The van der Waals surface area contributed by atoms with Crippen molar-refractivity contribution in [2.75, 3.05) is 26.2 Å². The average Bonchev–Trinajstić information content (AvgIpc) is 2.59. The number of hydrogen-bond donors (Lipinski definition) is 1. The molecule has 1 N–H and O–H groups in total. The lowest BCUT2D eigenvalue weighted by Gasteiger charge is -2.35. The number of rotatable bonds is 6. The van der Waals surface area contributed by atoms with Crippen molar-refractivity contribution in [3.05, 3.63) is 35.4 Å². The van der Waals surface area contributed by atoms with E-state index < -0.39 is 6.10 Å². The monoisotopic (exact) mass is 318 g/mol. The fourth-order valence-corrected chi connectivity index (χ4v) is 3.21. The molecule has 0 spiro atoms. The summed E-state index contributed by atoms with van der Waals surface area (Å²) in [6.07, 6.45) is 2.88. The predicted molar refractivity (Wildman–Crippen MR) is 93.3 cm³/mol. The van der Waals surface area contributed by atoms with Crippen LogP contribution in [0.4, 0.5) is 0 Å². The van der Waals surface area contributed by atoms with E-state index in [1.165, 1.54) is 12.0 Å². The molecule has 2 rings (SSSR count). The second-order valence-corrected chi connectivity index (χ2v) is 6.58. The molecule has 1 aromatic carbocycles. The number of nitrogens with zero attached hydrogens (tertiary/aromatic N) is 2. The molecule has 1 amide bonds. The molecule has 1 fully saturated rings. The maximum atomic E-state index is 12.7. The molecule has 2 unspecified atom stereocenters. The minimum atomic E-state index is -0.563. The highest BCUT2D eigenvalue weighted by atomic mass is 16.3. The molecule has 4 nitrogen and oxygen atoms in total. The van der Waals surface area contributed by atoms with Gasteiger partial charge in [-0.3, -0.25) is 9.69 Å². The van der Waals surface area contributed by atoms with Gasteiger partial charge < -0.3 is 10.0 Å². The first-order chi connectivity index (χ1) is 11.0. The fraction of sp³-hybridized carbons (Fsp3) is 0.632. The molecule has 0 bridgehead atoms. The summed E-state index contributed by atoms with van der Waals surface area (Å²) < 4.78 is 0. The fourth-order valence-electron chi connectivity index (χ4n) is 3.21. The maximum absolute atomic E-state index is 12.7. The number of aliphatic hydroxyl groups excluding tert-OH is 1. The second-order valence-electron chi connectivity index (χ2n) is 6.58. The zero-order chi connectivity index (χ0) is 16.8. The summed E-state index contributed by atoms with van der Waals surface area (Å²) in [5.41, 5.74) is 2.09. The van der Waals surface area contributed by atoms with Crippen molar-refractivity contribution in [3.63, 3.8) is 0 Å². The molecule has 0 aliphatic carbocycles. The second kappa shape index (κ2) is 8.46. The van der Waals surface area contributed by atoms with Gasteiger partial charge >= 0.3 is 0 Å².